The number of aromatic hydroxyl groups is 3. The molecule has 0 radical (unpaired) electrons. The predicted molar refractivity (Wildman–Crippen MR) is 109 cm³/mol. The minimum atomic E-state index is -1.70. The molecule has 0 bridgehead atoms. The second-order valence-corrected chi connectivity index (χ2v) is 7.95. The molecule has 4 rings (SSSR count). The first-order chi connectivity index (χ1) is 15.7. The molecule has 33 heavy (non-hydrogen) atoms. The molecule has 0 aliphatic carbocycles. The van der Waals surface area contributed by atoms with Gasteiger partial charge in [0, 0.05) is 6.07 Å². The number of hydrogen-bond acceptors (Lipinski definition) is 11. The van der Waals surface area contributed by atoms with E-state index in [1.54, 1.807) is 0 Å². The standard InChI is InChI=1S/C22H24O11/c1-31-13-6-14-16(11(26)5-12(32-14)8-2-3-9(24)10(25)4-8)19(28)17(13)22-21(30)20(29)18(27)15(7-23)33-22/h2-4,6,12,15,18,20-25,27-30H,5,7H2,1H3/t12-,15+,18+,20+,21-,22-/m0/s1. The van der Waals surface area contributed by atoms with Crippen molar-refractivity contribution < 1.29 is 54.8 Å². The highest BCUT2D eigenvalue weighted by Gasteiger charge is 2.47. The summed E-state index contributed by atoms with van der Waals surface area (Å²) < 4.78 is 16.7. The summed E-state index contributed by atoms with van der Waals surface area (Å²) in [5.41, 5.74) is 0.0774. The quantitative estimate of drug-likeness (QED) is 0.303. The number of methoxy groups -OCH3 is 1. The Morgan fingerprint density at radius 3 is 2.39 bits per heavy atom. The van der Waals surface area contributed by atoms with Gasteiger partial charge in [-0.2, -0.15) is 0 Å². The van der Waals surface area contributed by atoms with Crippen LogP contribution in [0.15, 0.2) is 24.3 Å². The Hall–Kier alpha value is -3.09. The zero-order chi connectivity index (χ0) is 24.0. The summed E-state index contributed by atoms with van der Waals surface area (Å²) in [6, 6.07) is 5.32. The van der Waals surface area contributed by atoms with Crippen molar-refractivity contribution in [2.75, 3.05) is 13.7 Å². The molecule has 1 saturated heterocycles. The number of phenols is 3. The monoisotopic (exact) mass is 464 g/mol. The number of phenolic OH excluding ortho intramolecular Hbond substituents is 3. The van der Waals surface area contributed by atoms with Crippen LogP contribution >= 0.6 is 0 Å². The Morgan fingerprint density at radius 2 is 1.76 bits per heavy atom. The molecule has 0 aromatic heterocycles. The molecule has 0 amide bonds. The van der Waals surface area contributed by atoms with Gasteiger partial charge in [-0.15, -0.1) is 0 Å². The Labute approximate surface area is 187 Å². The van der Waals surface area contributed by atoms with Crippen molar-refractivity contribution >= 4 is 5.78 Å². The van der Waals surface area contributed by atoms with Gasteiger partial charge in [0.1, 0.15) is 59.4 Å². The van der Waals surface area contributed by atoms with Gasteiger partial charge in [0.15, 0.2) is 17.3 Å². The summed E-state index contributed by atoms with van der Waals surface area (Å²) in [7, 11) is 1.27. The van der Waals surface area contributed by atoms with E-state index in [2.05, 4.69) is 0 Å². The van der Waals surface area contributed by atoms with E-state index in [0.717, 1.165) is 0 Å². The maximum Gasteiger partial charge on any atom is 0.174 e. The molecule has 178 valence electrons. The van der Waals surface area contributed by atoms with Crippen LogP contribution in [-0.4, -0.2) is 79.7 Å². The Morgan fingerprint density at radius 1 is 1.03 bits per heavy atom. The normalized spacial score (nSPS) is 29.3. The topological polar surface area (TPSA) is 186 Å². The van der Waals surface area contributed by atoms with Crippen LogP contribution in [0.3, 0.4) is 0 Å². The van der Waals surface area contributed by atoms with Gasteiger partial charge in [-0.05, 0) is 17.7 Å². The molecule has 2 aromatic rings. The number of ketones is 1. The molecule has 11 nitrogen and oxygen atoms in total. The van der Waals surface area contributed by atoms with Crippen molar-refractivity contribution in [3.05, 3.63) is 41.0 Å². The highest BCUT2D eigenvalue weighted by Crippen LogP contribution is 2.49. The highest BCUT2D eigenvalue weighted by molar-refractivity contribution is 6.03. The largest absolute Gasteiger partial charge is 0.507 e. The summed E-state index contributed by atoms with van der Waals surface area (Å²) in [6.45, 7) is -0.668. The van der Waals surface area contributed by atoms with Crippen molar-refractivity contribution in [1.82, 2.24) is 0 Å². The average Bonchev–Trinajstić information content (AvgIpc) is 2.79. The van der Waals surface area contributed by atoms with Crippen LogP contribution in [0.25, 0.3) is 0 Å². The molecular formula is C22H24O11. The first kappa shape index (κ1) is 23.1. The average molecular weight is 464 g/mol. The van der Waals surface area contributed by atoms with Gasteiger partial charge < -0.3 is 50.0 Å². The van der Waals surface area contributed by atoms with E-state index < -0.39 is 54.8 Å². The second-order valence-electron chi connectivity index (χ2n) is 7.95. The molecule has 0 unspecified atom stereocenters. The number of carbonyl (C=O) groups excluding carboxylic acids is 1. The third-order valence-corrected chi connectivity index (χ3v) is 5.95. The zero-order valence-corrected chi connectivity index (χ0v) is 17.5. The summed E-state index contributed by atoms with van der Waals surface area (Å²) in [5, 5.41) is 70.4. The maximum atomic E-state index is 13.0. The van der Waals surface area contributed by atoms with E-state index in [4.69, 9.17) is 14.2 Å². The van der Waals surface area contributed by atoms with E-state index in [1.807, 2.05) is 0 Å². The lowest BCUT2D eigenvalue weighted by Gasteiger charge is -2.41. The van der Waals surface area contributed by atoms with Gasteiger partial charge in [-0.3, -0.25) is 4.79 Å². The summed E-state index contributed by atoms with van der Waals surface area (Å²) in [4.78, 5) is 13.0. The van der Waals surface area contributed by atoms with Crippen LogP contribution < -0.4 is 9.47 Å². The van der Waals surface area contributed by atoms with Gasteiger partial charge in [0.25, 0.3) is 0 Å². The third-order valence-electron chi connectivity index (χ3n) is 5.95. The molecule has 2 heterocycles. The highest BCUT2D eigenvalue weighted by atomic mass is 16.5. The number of ether oxygens (including phenoxy) is 3. The number of carbonyl (C=O) groups is 1. The first-order valence-electron chi connectivity index (χ1n) is 10.1. The van der Waals surface area contributed by atoms with Crippen LogP contribution in [0.4, 0.5) is 0 Å². The van der Waals surface area contributed by atoms with Crippen molar-refractivity contribution in [3.63, 3.8) is 0 Å². The smallest absolute Gasteiger partial charge is 0.174 e. The minimum absolute atomic E-state index is 0.0218. The van der Waals surface area contributed by atoms with Crippen LogP contribution in [0, 0.1) is 0 Å². The number of benzene rings is 2. The van der Waals surface area contributed by atoms with Crippen LogP contribution in [0.2, 0.25) is 0 Å². The molecule has 2 aliphatic rings. The fraction of sp³-hybridized carbons (Fsp3) is 0.409. The number of aliphatic hydroxyl groups excluding tert-OH is 4. The van der Waals surface area contributed by atoms with Crippen molar-refractivity contribution in [2.24, 2.45) is 0 Å². The van der Waals surface area contributed by atoms with Gasteiger partial charge in [-0.25, -0.2) is 0 Å². The van der Waals surface area contributed by atoms with Gasteiger partial charge in [0.05, 0.1) is 25.7 Å². The number of Topliss-reactive ketones (excluding diaryl/α,β-unsaturated/α-hetero) is 1. The van der Waals surface area contributed by atoms with E-state index in [-0.39, 0.29) is 40.5 Å². The van der Waals surface area contributed by atoms with Crippen molar-refractivity contribution in [1.29, 1.82) is 0 Å². The van der Waals surface area contributed by atoms with E-state index in [9.17, 15) is 40.5 Å². The molecule has 1 fully saturated rings. The second kappa shape index (κ2) is 8.69. The molecule has 0 spiro atoms. The number of hydrogen-bond donors (Lipinski definition) is 7. The van der Waals surface area contributed by atoms with Crippen LogP contribution in [-0.2, 0) is 4.74 Å². The summed E-state index contributed by atoms with van der Waals surface area (Å²) in [5.74, 6) is -1.87. The van der Waals surface area contributed by atoms with Gasteiger partial charge >= 0.3 is 0 Å². The predicted octanol–water partition coefficient (Wildman–Crippen LogP) is 0.0334. The van der Waals surface area contributed by atoms with E-state index in [0.29, 0.717) is 5.56 Å². The van der Waals surface area contributed by atoms with Crippen molar-refractivity contribution in [3.8, 4) is 28.7 Å². The fourth-order valence-corrected chi connectivity index (χ4v) is 4.18. The number of rotatable bonds is 4. The lowest BCUT2D eigenvalue weighted by atomic mass is 9.87. The lowest BCUT2D eigenvalue weighted by Crippen LogP contribution is -2.55. The molecule has 2 aromatic carbocycles. The molecule has 0 saturated carbocycles. The van der Waals surface area contributed by atoms with Crippen LogP contribution in [0.1, 0.15) is 40.1 Å². The van der Waals surface area contributed by atoms with E-state index in [1.165, 1.54) is 31.4 Å². The van der Waals surface area contributed by atoms with Crippen LogP contribution in [0.5, 0.6) is 28.7 Å². The van der Waals surface area contributed by atoms with Crippen molar-refractivity contribution in [2.45, 2.75) is 43.0 Å². The Kier molecular flexibility index (Phi) is 6.08. The summed E-state index contributed by atoms with van der Waals surface area (Å²) >= 11 is 0. The Bertz CT molecular complexity index is 1070. The number of fused-ring (bicyclic) bond motifs is 1. The first-order valence-corrected chi connectivity index (χ1v) is 10.1. The van der Waals surface area contributed by atoms with Gasteiger partial charge in [-0.1, -0.05) is 6.07 Å². The molecule has 7 N–H and O–H groups in total. The molecule has 11 heteroatoms. The van der Waals surface area contributed by atoms with E-state index >= 15 is 0 Å². The Balaban J connectivity index is 1.76. The third kappa shape index (κ3) is 3.83. The molecule has 2 aliphatic heterocycles. The zero-order valence-electron chi connectivity index (χ0n) is 17.5. The molecular weight excluding hydrogens is 440 g/mol. The maximum absolute atomic E-state index is 13.0. The lowest BCUT2D eigenvalue weighted by molar-refractivity contribution is -0.232. The molecule has 6 atom stereocenters. The number of aliphatic hydroxyl groups is 4. The summed E-state index contributed by atoms with van der Waals surface area (Å²) in [6.07, 6.45) is -8.68. The SMILES string of the molecule is COc1cc2c(c(O)c1[C@@H]1O[C@H](CO)[C@@H](O)[C@@H](O)[C@@H]1O)C(=O)C[C@@H](c1ccc(O)c(O)c1)O2. The fourth-order valence-electron chi connectivity index (χ4n) is 4.18. The minimum Gasteiger partial charge on any atom is -0.507 e. The van der Waals surface area contributed by atoms with Gasteiger partial charge in [0.2, 0.25) is 0 Å².